The van der Waals surface area contributed by atoms with Crippen molar-refractivity contribution in [2.45, 2.75) is 46.7 Å². The van der Waals surface area contributed by atoms with Crippen LogP contribution in [0.2, 0.25) is 0 Å². The summed E-state index contributed by atoms with van der Waals surface area (Å²) in [7, 11) is 1.69. The van der Waals surface area contributed by atoms with Gasteiger partial charge in [0, 0.05) is 19.1 Å². The van der Waals surface area contributed by atoms with Gasteiger partial charge in [0.2, 0.25) is 5.91 Å². The number of carbonyl (C=O) groups is 1. The Morgan fingerprint density at radius 1 is 1.17 bits per heavy atom. The van der Waals surface area contributed by atoms with Gasteiger partial charge in [-0.05, 0) is 45.7 Å². The number of nitrogens with one attached hydrogen (secondary N) is 3. The van der Waals surface area contributed by atoms with E-state index in [4.69, 9.17) is 0 Å². The lowest BCUT2D eigenvalue weighted by molar-refractivity contribution is -0.121. The van der Waals surface area contributed by atoms with E-state index in [1.165, 1.54) is 16.7 Å². The van der Waals surface area contributed by atoms with Crippen molar-refractivity contribution in [2.24, 2.45) is 4.99 Å². The van der Waals surface area contributed by atoms with Gasteiger partial charge in [-0.25, -0.2) is 0 Å². The maximum atomic E-state index is 11.8. The van der Waals surface area contributed by atoms with Crippen molar-refractivity contribution in [3.8, 4) is 0 Å². The average molecular weight is 432 g/mol. The molecule has 6 heteroatoms. The van der Waals surface area contributed by atoms with Crippen LogP contribution in [0.4, 0.5) is 0 Å². The zero-order valence-electron chi connectivity index (χ0n) is 14.9. The van der Waals surface area contributed by atoms with Crippen molar-refractivity contribution in [1.29, 1.82) is 0 Å². The van der Waals surface area contributed by atoms with E-state index in [0.29, 0.717) is 12.5 Å². The first-order valence-electron chi connectivity index (χ1n) is 7.53. The van der Waals surface area contributed by atoms with E-state index in [0.717, 1.165) is 0 Å². The highest BCUT2D eigenvalue weighted by Crippen LogP contribution is 2.09. The van der Waals surface area contributed by atoms with E-state index < -0.39 is 0 Å². The molecule has 1 aromatic rings. The molecule has 23 heavy (non-hydrogen) atoms. The summed E-state index contributed by atoms with van der Waals surface area (Å²) in [4.78, 5) is 15.9. The molecule has 0 saturated heterocycles. The molecule has 1 amide bonds. The monoisotopic (exact) mass is 432 g/mol. The Morgan fingerprint density at radius 3 is 2.35 bits per heavy atom. The van der Waals surface area contributed by atoms with Crippen LogP contribution in [-0.2, 0) is 11.3 Å². The van der Waals surface area contributed by atoms with E-state index in [1.807, 2.05) is 20.8 Å². The number of hydrogen-bond acceptors (Lipinski definition) is 2. The molecule has 0 radical (unpaired) electrons. The number of nitrogens with zero attached hydrogens (tertiary/aromatic N) is 1. The van der Waals surface area contributed by atoms with Crippen LogP contribution >= 0.6 is 24.0 Å². The van der Waals surface area contributed by atoms with Crippen LogP contribution in [0.1, 0.15) is 37.5 Å². The fraction of sp³-hybridized carbons (Fsp3) is 0.529. The number of halogens is 1. The molecular formula is C17H29IN4O. The van der Waals surface area contributed by atoms with Crippen molar-refractivity contribution in [3.05, 3.63) is 34.9 Å². The van der Waals surface area contributed by atoms with Gasteiger partial charge in [0.15, 0.2) is 5.96 Å². The number of rotatable bonds is 4. The van der Waals surface area contributed by atoms with Gasteiger partial charge < -0.3 is 16.0 Å². The first-order chi connectivity index (χ1) is 10.2. The molecule has 0 aliphatic carbocycles. The van der Waals surface area contributed by atoms with Crippen molar-refractivity contribution in [1.82, 2.24) is 16.0 Å². The maximum Gasteiger partial charge on any atom is 0.239 e. The lowest BCUT2D eigenvalue weighted by atomic mass is 10.1. The van der Waals surface area contributed by atoms with Gasteiger partial charge in [0.25, 0.3) is 0 Å². The molecule has 3 N–H and O–H groups in total. The summed E-state index contributed by atoms with van der Waals surface area (Å²) in [5, 5.41) is 9.15. The quantitative estimate of drug-likeness (QED) is 0.389. The third-order valence-corrected chi connectivity index (χ3v) is 3.10. The van der Waals surface area contributed by atoms with Gasteiger partial charge in [-0.1, -0.05) is 23.8 Å². The van der Waals surface area contributed by atoms with Crippen LogP contribution in [0.15, 0.2) is 23.2 Å². The number of aliphatic imine (C=N–C) groups is 1. The maximum absolute atomic E-state index is 11.8. The zero-order valence-corrected chi connectivity index (χ0v) is 17.2. The molecule has 0 aromatic heterocycles. The topological polar surface area (TPSA) is 65.5 Å². The first kappa shape index (κ1) is 21.7. The number of guanidine groups is 1. The Bertz CT molecular complexity index is 550. The third-order valence-electron chi connectivity index (χ3n) is 3.10. The predicted octanol–water partition coefficient (Wildman–Crippen LogP) is 2.50. The smallest absolute Gasteiger partial charge is 0.239 e. The van der Waals surface area contributed by atoms with Gasteiger partial charge >= 0.3 is 0 Å². The number of aryl methyl sites for hydroxylation is 2. The number of benzene rings is 1. The van der Waals surface area contributed by atoms with Crippen LogP contribution in [-0.4, -0.2) is 31.0 Å². The minimum atomic E-state index is -0.227. The molecule has 0 atom stereocenters. The largest absolute Gasteiger partial charge is 0.352 e. The summed E-state index contributed by atoms with van der Waals surface area (Å²) >= 11 is 0. The molecule has 130 valence electrons. The highest BCUT2D eigenvalue weighted by atomic mass is 127. The molecule has 1 aromatic carbocycles. The van der Waals surface area contributed by atoms with Crippen molar-refractivity contribution >= 4 is 35.8 Å². The van der Waals surface area contributed by atoms with Crippen LogP contribution in [0.25, 0.3) is 0 Å². The van der Waals surface area contributed by atoms with E-state index in [1.54, 1.807) is 7.05 Å². The summed E-state index contributed by atoms with van der Waals surface area (Å²) in [5.41, 5.74) is 3.48. The Labute approximate surface area is 156 Å². The van der Waals surface area contributed by atoms with Crippen molar-refractivity contribution < 1.29 is 4.79 Å². The van der Waals surface area contributed by atoms with E-state index in [9.17, 15) is 4.79 Å². The van der Waals surface area contributed by atoms with E-state index in [2.05, 4.69) is 53.0 Å². The molecule has 5 nitrogen and oxygen atoms in total. The molecule has 0 heterocycles. The first-order valence-corrected chi connectivity index (χ1v) is 7.53. The highest BCUT2D eigenvalue weighted by molar-refractivity contribution is 14.0. The summed E-state index contributed by atoms with van der Waals surface area (Å²) in [5.74, 6) is 0.561. The normalized spacial score (nSPS) is 11.5. The number of carbonyl (C=O) groups excluding carboxylic acids is 1. The van der Waals surface area contributed by atoms with Crippen LogP contribution in [0.3, 0.4) is 0 Å². The second-order valence-corrected chi connectivity index (χ2v) is 6.51. The van der Waals surface area contributed by atoms with Crippen LogP contribution in [0, 0.1) is 13.8 Å². The van der Waals surface area contributed by atoms with E-state index >= 15 is 0 Å². The summed E-state index contributed by atoms with van der Waals surface area (Å²) in [6.07, 6.45) is 0. The van der Waals surface area contributed by atoms with Crippen LogP contribution in [0.5, 0.6) is 0 Å². The van der Waals surface area contributed by atoms with Crippen molar-refractivity contribution in [2.75, 3.05) is 13.6 Å². The lowest BCUT2D eigenvalue weighted by Crippen LogP contribution is -2.48. The van der Waals surface area contributed by atoms with Gasteiger partial charge in [0.1, 0.15) is 0 Å². The molecular weight excluding hydrogens is 403 g/mol. The molecule has 0 saturated carbocycles. The Hall–Kier alpha value is -1.31. The molecule has 0 fully saturated rings. The Morgan fingerprint density at radius 2 is 1.83 bits per heavy atom. The van der Waals surface area contributed by atoms with E-state index in [-0.39, 0.29) is 42.0 Å². The Kier molecular flexibility index (Phi) is 9.19. The second kappa shape index (κ2) is 9.75. The van der Waals surface area contributed by atoms with Gasteiger partial charge in [-0.3, -0.25) is 9.79 Å². The summed E-state index contributed by atoms with van der Waals surface area (Å²) < 4.78 is 0. The standard InChI is InChI=1S/C17H28N4O.HI/c1-12-7-8-14(13(2)9-12)10-19-16(18-6)20-11-15(22)21-17(3,4)5;/h7-9H,10-11H2,1-6H3,(H,21,22)(H2,18,19,20);1H. The van der Waals surface area contributed by atoms with Gasteiger partial charge in [0.05, 0.1) is 6.54 Å². The van der Waals surface area contributed by atoms with Crippen LogP contribution < -0.4 is 16.0 Å². The molecule has 1 rings (SSSR count). The number of amides is 1. The molecule has 0 spiro atoms. The van der Waals surface area contributed by atoms with Gasteiger partial charge in [-0.2, -0.15) is 0 Å². The highest BCUT2D eigenvalue weighted by Gasteiger charge is 2.13. The molecule has 0 aliphatic heterocycles. The SMILES string of the molecule is CN=C(NCC(=O)NC(C)(C)C)NCc1ccc(C)cc1C.I. The fourth-order valence-electron chi connectivity index (χ4n) is 2.07. The average Bonchev–Trinajstić information content (AvgIpc) is 2.38. The molecule has 0 unspecified atom stereocenters. The lowest BCUT2D eigenvalue weighted by Gasteiger charge is -2.21. The number of hydrogen-bond donors (Lipinski definition) is 3. The summed E-state index contributed by atoms with van der Waals surface area (Å²) in [6.45, 7) is 10.9. The minimum Gasteiger partial charge on any atom is -0.352 e. The molecule has 0 aliphatic rings. The van der Waals surface area contributed by atoms with Crippen molar-refractivity contribution in [3.63, 3.8) is 0 Å². The fourth-order valence-corrected chi connectivity index (χ4v) is 2.07. The molecule has 0 bridgehead atoms. The van der Waals surface area contributed by atoms with Gasteiger partial charge in [-0.15, -0.1) is 24.0 Å². The third kappa shape index (κ3) is 8.78. The minimum absolute atomic E-state index is 0. The second-order valence-electron chi connectivity index (χ2n) is 6.51. The predicted molar refractivity (Wildman–Crippen MR) is 107 cm³/mol. The zero-order chi connectivity index (χ0) is 16.8. The Balaban J connectivity index is 0.00000484. The summed E-state index contributed by atoms with van der Waals surface area (Å²) in [6, 6.07) is 6.36.